The molecule has 0 bridgehead atoms. The molecule has 62 valence electrons. The second-order valence-corrected chi connectivity index (χ2v) is 4.15. The van der Waals surface area contributed by atoms with Gasteiger partial charge in [0.05, 0.1) is 0 Å². The molecule has 0 saturated heterocycles. The van der Waals surface area contributed by atoms with E-state index in [-0.39, 0.29) is 0 Å². The lowest BCUT2D eigenvalue weighted by Gasteiger charge is -2.06. The number of halogens is 1. The average molecular weight is 195 g/mol. The van der Waals surface area contributed by atoms with Gasteiger partial charge in [-0.1, -0.05) is 30.8 Å². The van der Waals surface area contributed by atoms with Crippen LogP contribution in [0.2, 0.25) is 6.04 Å². The van der Waals surface area contributed by atoms with Crippen molar-refractivity contribution in [1.82, 2.24) is 0 Å². The molecule has 0 heterocycles. The highest BCUT2D eigenvalue weighted by Gasteiger charge is 2.00. The molecule has 0 aromatic heterocycles. The molecule has 0 aliphatic carbocycles. The van der Waals surface area contributed by atoms with Gasteiger partial charge in [-0.2, -0.15) is 11.1 Å². The topological polar surface area (TPSA) is 0 Å². The first-order valence-electron chi connectivity index (χ1n) is 3.83. The average Bonchev–Trinajstić information content (AvgIpc) is 2.05. The normalized spacial score (nSPS) is 9.83. The van der Waals surface area contributed by atoms with E-state index in [0.29, 0.717) is 8.83 Å². The van der Waals surface area contributed by atoms with Gasteiger partial charge in [0.1, 0.15) is 0 Å². The van der Waals surface area contributed by atoms with Crippen molar-refractivity contribution in [2.24, 2.45) is 0 Å². The quantitative estimate of drug-likeness (QED) is 0.512. The fraction of sp³-hybridized carbons (Fsp3) is 0.200. The largest absolute Gasteiger partial charge is 0.176 e. The molecule has 2 heteroatoms. The Morgan fingerprint density at radius 1 is 1.50 bits per heavy atom. The zero-order chi connectivity index (χ0) is 8.97. The highest BCUT2D eigenvalue weighted by Crippen LogP contribution is 2.19. The van der Waals surface area contributed by atoms with E-state index in [1.54, 1.807) is 0 Å². The molecule has 12 heavy (non-hydrogen) atoms. The first kappa shape index (κ1) is 9.55. The maximum absolute atomic E-state index is 5.67. The van der Waals surface area contributed by atoms with Crippen LogP contribution in [0.5, 0.6) is 0 Å². The monoisotopic (exact) mass is 194 g/mol. The first-order valence-corrected chi connectivity index (χ1v) is 6.05. The van der Waals surface area contributed by atoms with Crippen LogP contribution in [0, 0.1) is 6.92 Å². The van der Waals surface area contributed by atoms with Crippen LogP contribution in [0.4, 0.5) is 0 Å². The Hall–Kier alpha value is -0.533. The number of hydrogen-bond acceptors (Lipinski definition) is 0. The maximum Gasteiger partial charge on any atom is 0.176 e. The molecule has 2 radical (unpaired) electrons. The second kappa shape index (κ2) is 4.48. The molecule has 1 aromatic carbocycles. The molecule has 1 aromatic rings. The van der Waals surface area contributed by atoms with Gasteiger partial charge < -0.3 is 0 Å². The van der Waals surface area contributed by atoms with Crippen molar-refractivity contribution in [3.63, 3.8) is 0 Å². The Morgan fingerprint density at radius 3 is 2.75 bits per heavy atom. The lowest BCUT2D eigenvalue weighted by atomic mass is 10.0. The third-order valence-electron chi connectivity index (χ3n) is 1.81. The molecule has 0 atom stereocenters. The van der Waals surface area contributed by atoms with Crippen molar-refractivity contribution in [3.05, 3.63) is 42.0 Å². The van der Waals surface area contributed by atoms with Crippen molar-refractivity contribution in [1.29, 1.82) is 0 Å². The summed E-state index contributed by atoms with van der Waals surface area (Å²) in [6, 6.07) is 9.15. The third kappa shape index (κ3) is 2.22. The van der Waals surface area contributed by atoms with Gasteiger partial charge in [-0.05, 0) is 29.7 Å². The van der Waals surface area contributed by atoms with Gasteiger partial charge in [-0.15, -0.1) is 0 Å². The van der Waals surface area contributed by atoms with E-state index < -0.39 is 0 Å². The fourth-order valence-corrected chi connectivity index (χ4v) is 1.98. The van der Waals surface area contributed by atoms with Crippen LogP contribution in [0.25, 0.3) is 5.57 Å². The summed E-state index contributed by atoms with van der Waals surface area (Å²) in [6.45, 7) is 6.09. The van der Waals surface area contributed by atoms with Crippen LogP contribution in [-0.4, -0.2) is 8.83 Å². The molecule has 0 amide bonds. The molecule has 0 aliphatic rings. The van der Waals surface area contributed by atoms with Gasteiger partial charge in [0, 0.05) is 0 Å². The van der Waals surface area contributed by atoms with Gasteiger partial charge in [0.2, 0.25) is 0 Å². The summed E-state index contributed by atoms with van der Waals surface area (Å²) in [5.41, 5.74) is 3.66. The van der Waals surface area contributed by atoms with Crippen LogP contribution in [-0.2, 0) is 0 Å². The van der Waals surface area contributed by atoms with Crippen molar-refractivity contribution >= 4 is 25.5 Å². The molecule has 0 aliphatic heterocycles. The lowest BCUT2D eigenvalue weighted by molar-refractivity contribution is 1.41. The van der Waals surface area contributed by atoms with E-state index in [9.17, 15) is 0 Å². The predicted octanol–water partition coefficient (Wildman–Crippen LogP) is 3.28. The molecule has 0 nitrogen and oxygen atoms in total. The van der Waals surface area contributed by atoms with E-state index >= 15 is 0 Å². The summed E-state index contributed by atoms with van der Waals surface area (Å²) < 4.78 is 0. The van der Waals surface area contributed by atoms with Gasteiger partial charge in [0.15, 0.2) is 8.83 Å². The zero-order valence-electron chi connectivity index (χ0n) is 7.10. The van der Waals surface area contributed by atoms with Gasteiger partial charge in [-0.3, -0.25) is 0 Å². The van der Waals surface area contributed by atoms with E-state index in [0.717, 1.165) is 11.6 Å². The number of aryl methyl sites for hydroxylation is 1. The minimum atomic E-state index is 0.433. The summed E-state index contributed by atoms with van der Waals surface area (Å²) in [6.07, 6.45) is 0. The summed E-state index contributed by atoms with van der Waals surface area (Å²) in [4.78, 5) is 0. The van der Waals surface area contributed by atoms with Crippen LogP contribution in [0.3, 0.4) is 0 Å². The first-order chi connectivity index (χ1) is 5.75. The van der Waals surface area contributed by atoms with Crippen LogP contribution >= 0.6 is 11.1 Å². The smallest absolute Gasteiger partial charge is 0.171 e. The molecule has 0 spiro atoms. The number of benzene rings is 1. The van der Waals surface area contributed by atoms with E-state index in [1.165, 1.54) is 11.1 Å². The predicted molar refractivity (Wildman–Crippen MR) is 56.6 cm³/mol. The third-order valence-corrected chi connectivity index (χ3v) is 2.77. The van der Waals surface area contributed by atoms with Crippen molar-refractivity contribution in [2.75, 3.05) is 0 Å². The molecule has 0 fully saturated rings. The molecule has 0 N–H and O–H groups in total. The summed E-state index contributed by atoms with van der Waals surface area (Å²) >= 11 is 5.67. The zero-order valence-corrected chi connectivity index (χ0v) is 8.86. The van der Waals surface area contributed by atoms with E-state index in [4.69, 9.17) is 11.1 Å². The molecule has 0 unspecified atom stereocenters. The molecular weight excluding hydrogens is 184 g/mol. The molecular formula is C10H11ClSi. The number of rotatable bonds is 3. The van der Waals surface area contributed by atoms with Crippen molar-refractivity contribution in [2.45, 2.75) is 13.0 Å². The highest BCUT2D eigenvalue weighted by atomic mass is 35.6. The minimum absolute atomic E-state index is 0.433. The Kier molecular flexibility index (Phi) is 3.57. The minimum Gasteiger partial charge on any atom is -0.171 e. The Bertz CT molecular complexity index is 281. The van der Waals surface area contributed by atoms with Crippen LogP contribution in [0.1, 0.15) is 11.1 Å². The van der Waals surface area contributed by atoms with E-state index in [2.05, 4.69) is 25.6 Å². The second-order valence-electron chi connectivity index (χ2n) is 2.73. The summed E-state index contributed by atoms with van der Waals surface area (Å²) in [7, 11) is 0.433. The van der Waals surface area contributed by atoms with Gasteiger partial charge in [0.25, 0.3) is 0 Å². The fourth-order valence-electron chi connectivity index (χ4n) is 1.15. The van der Waals surface area contributed by atoms with Gasteiger partial charge >= 0.3 is 0 Å². The van der Waals surface area contributed by atoms with Gasteiger partial charge in [-0.25, -0.2) is 0 Å². The standard InChI is InChI=1S/C10H11ClSi/c1-8-5-3-4-6-10(8)9(2)7-12-11/h3-6H,2,7H2,1H3. The number of allylic oxidation sites excluding steroid dienone is 1. The molecule has 0 saturated carbocycles. The van der Waals surface area contributed by atoms with Crippen molar-refractivity contribution < 1.29 is 0 Å². The lowest BCUT2D eigenvalue weighted by Crippen LogP contribution is -1.88. The Morgan fingerprint density at radius 2 is 2.17 bits per heavy atom. The van der Waals surface area contributed by atoms with Crippen LogP contribution in [0.15, 0.2) is 30.8 Å². The van der Waals surface area contributed by atoms with E-state index in [1.807, 2.05) is 12.1 Å². The number of hydrogen-bond donors (Lipinski definition) is 0. The summed E-state index contributed by atoms with van der Waals surface area (Å²) in [5.74, 6) is 0. The van der Waals surface area contributed by atoms with Crippen LogP contribution < -0.4 is 0 Å². The van der Waals surface area contributed by atoms with Crippen molar-refractivity contribution in [3.8, 4) is 0 Å². The SMILES string of the molecule is C=C(C[Si]Cl)c1ccccc1C. The molecule has 1 rings (SSSR count). The Labute approximate surface area is 80.8 Å². The summed E-state index contributed by atoms with van der Waals surface area (Å²) in [5, 5.41) is 0. The maximum atomic E-state index is 5.67. The highest BCUT2D eigenvalue weighted by molar-refractivity contribution is 6.94. The Balaban J connectivity index is 2.87.